The maximum Gasteiger partial charge on any atom is 0.244 e. The summed E-state index contributed by atoms with van der Waals surface area (Å²) in [4.78, 5) is 49.5. The second-order valence-corrected chi connectivity index (χ2v) is 8.91. The van der Waals surface area contributed by atoms with Crippen LogP contribution in [0.5, 0.6) is 0 Å². The Labute approximate surface area is 189 Å². The zero-order chi connectivity index (χ0) is 24.3. The van der Waals surface area contributed by atoms with Crippen molar-refractivity contribution in [3.8, 4) is 0 Å². The molecule has 0 fully saturated rings. The SMILES string of the molecule is CC(C)C[C@@H](CC(=O)NO)C(=O)N[C@@H](CC(C)C)C(=O)N[C@@H](Cc1ccccc1)C(N)=O. The first-order chi connectivity index (χ1) is 15.0. The van der Waals surface area contributed by atoms with Crippen LogP contribution in [0.15, 0.2) is 30.3 Å². The fourth-order valence-electron chi connectivity index (χ4n) is 3.46. The van der Waals surface area contributed by atoms with Crippen molar-refractivity contribution < 1.29 is 24.4 Å². The molecule has 0 spiro atoms. The van der Waals surface area contributed by atoms with Crippen molar-refractivity contribution in [1.82, 2.24) is 16.1 Å². The van der Waals surface area contributed by atoms with Gasteiger partial charge in [0.25, 0.3) is 0 Å². The molecule has 0 aliphatic carbocycles. The summed E-state index contributed by atoms with van der Waals surface area (Å²) in [5, 5.41) is 14.2. The summed E-state index contributed by atoms with van der Waals surface area (Å²) in [5.74, 6) is -2.82. The smallest absolute Gasteiger partial charge is 0.244 e. The third kappa shape index (κ3) is 9.91. The van der Waals surface area contributed by atoms with E-state index < -0.39 is 41.6 Å². The summed E-state index contributed by atoms with van der Waals surface area (Å²) >= 11 is 0. The van der Waals surface area contributed by atoms with Gasteiger partial charge in [-0.2, -0.15) is 0 Å². The molecule has 6 N–H and O–H groups in total. The van der Waals surface area contributed by atoms with E-state index >= 15 is 0 Å². The summed E-state index contributed by atoms with van der Waals surface area (Å²) in [6.45, 7) is 7.65. The molecule has 0 heterocycles. The zero-order valence-corrected chi connectivity index (χ0v) is 19.3. The van der Waals surface area contributed by atoms with Crippen LogP contribution in [0.2, 0.25) is 0 Å². The Morgan fingerprint density at radius 1 is 0.875 bits per heavy atom. The topological polar surface area (TPSA) is 151 Å². The van der Waals surface area contributed by atoms with Crippen molar-refractivity contribution in [1.29, 1.82) is 0 Å². The van der Waals surface area contributed by atoms with Crippen molar-refractivity contribution in [3.05, 3.63) is 35.9 Å². The van der Waals surface area contributed by atoms with E-state index in [4.69, 9.17) is 10.9 Å². The normalized spacial score (nSPS) is 13.8. The molecule has 0 aliphatic heterocycles. The monoisotopic (exact) mass is 448 g/mol. The van der Waals surface area contributed by atoms with E-state index in [0.29, 0.717) is 12.8 Å². The number of primary amides is 1. The molecule has 1 rings (SSSR count). The Morgan fingerprint density at radius 3 is 1.94 bits per heavy atom. The summed E-state index contributed by atoms with van der Waals surface area (Å²) in [7, 11) is 0. The van der Waals surface area contributed by atoms with Crippen LogP contribution < -0.4 is 21.8 Å². The van der Waals surface area contributed by atoms with E-state index in [2.05, 4.69) is 10.6 Å². The lowest BCUT2D eigenvalue weighted by Gasteiger charge is -2.25. The van der Waals surface area contributed by atoms with Gasteiger partial charge in [-0.05, 0) is 30.2 Å². The number of hydrogen-bond acceptors (Lipinski definition) is 5. The Morgan fingerprint density at radius 2 is 1.44 bits per heavy atom. The van der Waals surface area contributed by atoms with Gasteiger partial charge in [-0.1, -0.05) is 58.0 Å². The number of nitrogens with two attached hydrogens (primary N) is 1. The highest BCUT2D eigenvalue weighted by molar-refractivity contribution is 5.93. The van der Waals surface area contributed by atoms with Gasteiger partial charge in [0.05, 0.1) is 0 Å². The molecule has 9 heteroatoms. The summed E-state index contributed by atoms with van der Waals surface area (Å²) in [6, 6.07) is 7.34. The van der Waals surface area contributed by atoms with E-state index in [1.165, 1.54) is 0 Å². The molecule has 1 aromatic carbocycles. The van der Waals surface area contributed by atoms with Gasteiger partial charge < -0.3 is 16.4 Å². The third-order valence-corrected chi connectivity index (χ3v) is 4.97. The second kappa shape index (κ2) is 13.5. The van der Waals surface area contributed by atoms with E-state index in [9.17, 15) is 19.2 Å². The molecule has 9 nitrogen and oxygen atoms in total. The molecular formula is C23H36N4O5. The lowest BCUT2D eigenvalue weighted by molar-refractivity contribution is -0.137. The number of carbonyl (C=O) groups is 4. The number of nitrogens with one attached hydrogen (secondary N) is 3. The number of rotatable bonds is 13. The zero-order valence-electron chi connectivity index (χ0n) is 19.3. The van der Waals surface area contributed by atoms with Gasteiger partial charge in [0.1, 0.15) is 12.1 Å². The standard InChI is InChI=1S/C23H36N4O5/c1-14(2)10-17(13-20(28)27-32)22(30)26-19(11-15(3)4)23(31)25-18(21(24)29)12-16-8-6-5-7-9-16/h5-9,14-15,17-19,32H,10-13H2,1-4H3,(H2,24,29)(H,25,31)(H,26,30)(H,27,28)/t17-,18-,19-/m0/s1. The average molecular weight is 449 g/mol. The highest BCUT2D eigenvalue weighted by Crippen LogP contribution is 2.17. The van der Waals surface area contributed by atoms with Gasteiger partial charge in [0.15, 0.2) is 0 Å². The van der Waals surface area contributed by atoms with E-state index in [1.807, 2.05) is 58.0 Å². The van der Waals surface area contributed by atoms with E-state index in [0.717, 1.165) is 5.56 Å². The molecule has 0 unspecified atom stereocenters. The average Bonchev–Trinajstić information content (AvgIpc) is 2.72. The van der Waals surface area contributed by atoms with Crippen molar-refractivity contribution in [2.45, 2.75) is 65.5 Å². The minimum atomic E-state index is -0.928. The van der Waals surface area contributed by atoms with Crippen LogP contribution in [0.4, 0.5) is 0 Å². The molecule has 3 atom stereocenters. The molecular weight excluding hydrogens is 412 g/mol. The summed E-state index contributed by atoms with van der Waals surface area (Å²) < 4.78 is 0. The van der Waals surface area contributed by atoms with Crippen LogP contribution in [0.25, 0.3) is 0 Å². The summed E-state index contributed by atoms with van der Waals surface area (Å²) in [5.41, 5.74) is 7.88. The van der Waals surface area contributed by atoms with Gasteiger partial charge in [0.2, 0.25) is 23.6 Å². The maximum atomic E-state index is 13.0. The molecule has 0 saturated carbocycles. The molecule has 0 aliphatic rings. The fourth-order valence-corrected chi connectivity index (χ4v) is 3.46. The molecule has 0 bridgehead atoms. The molecule has 0 radical (unpaired) electrons. The van der Waals surface area contributed by atoms with Gasteiger partial charge >= 0.3 is 0 Å². The lowest BCUT2D eigenvalue weighted by atomic mass is 9.92. The lowest BCUT2D eigenvalue weighted by Crippen LogP contribution is -2.54. The van der Waals surface area contributed by atoms with Crippen molar-refractivity contribution in [2.75, 3.05) is 0 Å². The van der Waals surface area contributed by atoms with Crippen molar-refractivity contribution in [2.24, 2.45) is 23.5 Å². The number of hydrogen-bond donors (Lipinski definition) is 5. The second-order valence-electron chi connectivity index (χ2n) is 8.91. The fraction of sp³-hybridized carbons (Fsp3) is 0.565. The van der Waals surface area contributed by atoms with Crippen LogP contribution in [0.3, 0.4) is 0 Å². The first-order valence-corrected chi connectivity index (χ1v) is 10.9. The summed E-state index contributed by atoms with van der Waals surface area (Å²) in [6.07, 6.45) is 0.785. The predicted molar refractivity (Wildman–Crippen MR) is 120 cm³/mol. The van der Waals surface area contributed by atoms with E-state index in [-0.39, 0.29) is 24.7 Å². The van der Waals surface area contributed by atoms with E-state index in [1.54, 1.807) is 5.48 Å². The molecule has 0 aromatic heterocycles. The molecule has 0 saturated heterocycles. The quantitative estimate of drug-likeness (QED) is 0.228. The third-order valence-electron chi connectivity index (χ3n) is 4.97. The maximum absolute atomic E-state index is 13.0. The van der Waals surface area contributed by atoms with Gasteiger partial charge in [-0.15, -0.1) is 0 Å². The van der Waals surface area contributed by atoms with Crippen LogP contribution in [0, 0.1) is 17.8 Å². The first kappa shape index (κ1) is 27.1. The van der Waals surface area contributed by atoms with Gasteiger partial charge in [0, 0.05) is 18.8 Å². The van der Waals surface area contributed by atoms with Crippen molar-refractivity contribution >= 4 is 23.6 Å². The minimum absolute atomic E-state index is 0.0801. The Kier molecular flexibility index (Phi) is 11.4. The van der Waals surface area contributed by atoms with Gasteiger partial charge in [-0.25, -0.2) is 5.48 Å². The Bertz CT molecular complexity index is 767. The minimum Gasteiger partial charge on any atom is -0.368 e. The highest BCUT2D eigenvalue weighted by Gasteiger charge is 2.30. The van der Waals surface area contributed by atoms with Crippen LogP contribution in [-0.2, 0) is 25.6 Å². The Balaban J connectivity index is 2.95. The largest absolute Gasteiger partial charge is 0.368 e. The number of benzene rings is 1. The highest BCUT2D eigenvalue weighted by atomic mass is 16.5. The van der Waals surface area contributed by atoms with Crippen molar-refractivity contribution in [3.63, 3.8) is 0 Å². The number of amides is 4. The van der Waals surface area contributed by atoms with Gasteiger partial charge in [-0.3, -0.25) is 24.4 Å². The van der Waals surface area contributed by atoms with Crippen LogP contribution >= 0.6 is 0 Å². The molecule has 178 valence electrons. The van der Waals surface area contributed by atoms with Crippen LogP contribution in [-0.4, -0.2) is 40.9 Å². The predicted octanol–water partition coefficient (Wildman–Crippen LogP) is 1.29. The molecule has 1 aromatic rings. The number of carbonyl (C=O) groups excluding carboxylic acids is 4. The Hall–Kier alpha value is -2.94. The van der Waals surface area contributed by atoms with Crippen LogP contribution in [0.1, 0.15) is 52.5 Å². The number of hydroxylamine groups is 1. The first-order valence-electron chi connectivity index (χ1n) is 10.9. The molecule has 4 amide bonds. The molecule has 32 heavy (non-hydrogen) atoms.